The first kappa shape index (κ1) is 33.2. The lowest BCUT2D eigenvalue weighted by molar-refractivity contribution is -0.139. The average Bonchev–Trinajstić information content (AvgIpc) is 2.94. The Bertz CT molecular complexity index is 1520. The molecule has 0 aliphatic heterocycles. The zero-order chi connectivity index (χ0) is 31.2. The summed E-state index contributed by atoms with van der Waals surface area (Å²) in [5, 5.41) is 2.55. The highest BCUT2D eigenvalue weighted by atomic mass is 35.5. The Hall–Kier alpha value is -3.28. The van der Waals surface area contributed by atoms with Crippen LogP contribution >= 0.6 is 23.2 Å². The molecule has 0 aromatic heterocycles. The molecule has 0 heterocycles. The summed E-state index contributed by atoms with van der Waals surface area (Å²) in [5.41, 5.74) is -1.13. The highest BCUT2D eigenvalue weighted by Gasteiger charge is 2.37. The molecule has 7 nitrogen and oxygen atoms in total. The summed E-state index contributed by atoms with van der Waals surface area (Å²) < 4.78 is 69.3. The lowest BCUT2D eigenvalue weighted by atomic mass is 10.1. The van der Waals surface area contributed by atoms with Gasteiger partial charge in [0.05, 0.1) is 21.2 Å². The van der Waals surface area contributed by atoms with Crippen molar-refractivity contribution in [2.24, 2.45) is 0 Å². The fourth-order valence-corrected chi connectivity index (χ4v) is 5.88. The first-order chi connectivity index (χ1) is 19.6. The monoisotopic (exact) mass is 643 g/mol. The number of hydrogen-bond acceptors (Lipinski definition) is 4. The quantitative estimate of drug-likeness (QED) is 0.257. The first-order valence-electron chi connectivity index (χ1n) is 12.9. The first-order valence-corrected chi connectivity index (χ1v) is 15.1. The van der Waals surface area contributed by atoms with Crippen LogP contribution in [0.5, 0.6) is 0 Å². The molecule has 0 spiro atoms. The van der Waals surface area contributed by atoms with Gasteiger partial charge in [-0.1, -0.05) is 60.5 Å². The molecule has 2 unspecified atom stereocenters. The van der Waals surface area contributed by atoms with E-state index in [4.69, 9.17) is 23.2 Å². The van der Waals surface area contributed by atoms with E-state index in [-0.39, 0.29) is 17.5 Å². The van der Waals surface area contributed by atoms with Crippen molar-refractivity contribution < 1.29 is 31.2 Å². The van der Waals surface area contributed by atoms with Gasteiger partial charge in [-0.2, -0.15) is 13.2 Å². The van der Waals surface area contributed by atoms with Crippen LogP contribution in [0.1, 0.15) is 38.3 Å². The second-order valence-electron chi connectivity index (χ2n) is 9.63. The van der Waals surface area contributed by atoms with Crippen molar-refractivity contribution in [3.8, 4) is 0 Å². The fraction of sp³-hybridized carbons (Fsp3) is 0.310. The molecule has 0 saturated carbocycles. The summed E-state index contributed by atoms with van der Waals surface area (Å²) in [7, 11) is -4.55. The molecule has 42 heavy (non-hydrogen) atoms. The average molecular weight is 645 g/mol. The second kappa shape index (κ2) is 13.8. The van der Waals surface area contributed by atoms with Gasteiger partial charge in [0.15, 0.2) is 0 Å². The maximum Gasteiger partial charge on any atom is 0.417 e. The van der Waals surface area contributed by atoms with Gasteiger partial charge in [0.25, 0.3) is 10.0 Å². The third kappa shape index (κ3) is 8.17. The number of anilines is 1. The Morgan fingerprint density at radius 3 is 2.21 bits per heavy atom. The summed E-state index contributed by atoms with van der Waals surface area (Å²) in [4.78, 5) is 27.9. The number of carbonyl (C=O) groups is 2. The molecular weight excluding hydrogens is 614 g/mol. The molecule has 0 fully saturated rings. The molecule has 3 aromatic rings. The Balaban J connectivity index is 2.11. The third-order valence-corrected chi connectivity index (χ3v) is 8.92. The van der Waals surface area contributed by atoms with Crippen molar-refractivity contribution in [3.63, 3.8) is 0 Å². The van der Waals surface area contributed by atoms with Crippen LogP contribution in [0.15, 0.2) is 77.7 Å². The molecule has 13 heteroatoms. The molecule has 2 atom stereocenters. The maximum absolute atomic E-state index is 13.9. The topological polar surface area (TPSA) is 86.8 Å². The van der Waals surface area contributed by atoms with Gasteiger partial charge in [-0.3, -0.25) is 13.9 Å². The van der Waals surface area contributed by atoms with E-state index in [0.29, 0.717) is 27.4 Å². The van der Waals surface area contributed by atoms with E-state index in [9.17, 15) is 31.2 Å². The number of halogens is 5. The molecule has 1 N–H and O–H groups in total. The van der Waals surface area contributed by atoms with Crippen LogP contribution < -0.4 is 9.62 Å². The van der Waals surface area contributed by atoms with Crippen LogP contribution in [0, 0.1) is 0 Å². The zero-order valence-corrected chi connectivity index (χ0v) is 25.4. The highest BCUT2D eigenvalue weighted by Crippen LogP contribution is 2.38. The van der Waals surface area contributed by atoms with Gasteiger partial charge in [-0.05, 0) is 68.3 Å². The molecule has 2 amide bonds. The van der Waals surface area contributed by atoms with Crippen molar-refractivity contribution in [2.75, 3.05) is 10.8 Å². The van der Waals surface area contributed by atoms with Crippen LogP contribution in [-0.2, 0) is 32.3 Å². The summed E-state index contributed by atoms with van der Waals surface area (Å²) in [6.07, 6.45) is -4.26. The van der Waals surface area contributed by atoms with Crippen LogP contribution in [-0.4, -0.2) is 43.8 Å². The van der Waals surface area contributed by atoms with Gasteiger partial charge in [-0.15, -0.1) is 0 Å². The van der Waals surface area contributed by atoms with Crippen molar-refractivity contribution in [1.82, 2.24) is 10.2 Å². The molecule has 0 aliphatic carbocycles. The van der Waals surface area contributed by atoms with Crippen molar-refractivity contribution in [1.29, 1.82) is 0 Å². The second-order valence-corrected chi connectivity index (χ2v) is 12.3. The molecule has 0 aliphatic rings. The summed E-state index contributed by atoms with van der Waals surface area (Å²) in [5.74, 6) is -1.31. The molecule has 0 radical (unpaired) electrons. The Morgan fingerprint density at radius 1 is 0.952 bits per heavy atom. The van der Waals surface area contributed by atoms with Crippen molar-refractivity contribution in [3.05, 3.63) is 94.0 Å². The molecular formula is C29H30Cl2F3N3O4S. The highest BCUT2D eigenvalue weighted by molar-refractivity contribution is 7.92. The summed E-state index contributed by atoms with van der Waals surface area (Å²) in [6.45, 7) is 4.12. The predicted octanol–water partition coefficient (Wildman–Crippen LogP) is 6.54. The van der Waals surface area contributed by atoms with E-state index in [2.05, 4.69) is 5.32 Å². The van der Waals surface area contributed by atoms with E-state index in [0.717, 1.165) is 17.0 Å². The predicted molar refractivity (Wildman–Crippen MR) is 157 cm³/mol. The lowest BCUT2D eigenvalue weighted by Gasteiger charge is -2.32. The van der Waals surface area contributed by atoms with Gasteiger partial charge >= 0.3 is 6.18 Å². The number of hydrogen-bond donors (Lipinski definition) is 1. The SMILES string of the molecule is CCC(C)NC(=O)C(C)N(Cc1cccc(Cl)c1)C(=O)CN(c1ccc(Cl)c(C(F)(F)F)c1)S(=O)(=O)c1ccccc1. The zero-order valence-electron chi connectivity index (χ0n) is 23.0. The Labute approximate surface area is 253 Å². The minimum atomic E-state index is -4.89. The Kier molecular flexibility index (Phi) is 10.9. The van der Waals surface area contributed by atoms with Gasteiger partial charge in [-0.25, -0.2) is 8.42 Å². The molecule has 3 aromatic carbocycles. The maximum atomic E-state index is 13.9. The molecule has 226 valence electrons. The summed E-state index contributed by atoms with van der Waals surface area (Å²) in [6, 6.07) is 14.9. The van der Waals surface area contributed by atoms with Crippen molar-refractivity contribution in [2.45, 2.75) is 56.9 Å². The van der Waals surface area contributed by atoms with Crippen LogP contribution in [0.4, 0.5) is 18.9 Å². The normalized spacial score (nSPS) is 13.2. The largest absolute Gasteiger partial charge is 0.417 e. The van der Waals surface area contributed by atoms with Gasteiger partial charge < -0.3 is 10.2 Å². The number of rotatable bonds is 11. The fourth-order valence-electron chi connectivity index (χ4n) is 4.01. The van der Waals surface area contributed by atoms with E-state index in [1.807, 2.05) is 6.92 Å². The molecule has 0 bridgehead atoms. The number of sulfonamides is 1. The number of nitrogens with zero attached hydrogens (tertiary/aromatic N) is 2. The molecule has 3 rings (SSSR count). The number of carbonyl (C=O) groups excluding carboxylic acids is 2. The van der Waals surface area contributed by atoms with Gasteiger partial charge in [0.2, 0.25) is 11.8 Å². The smallest absolute Gasteiger partial charge is 0.352 e. The standard InChI is InChI=1S/C29H30Cl2F3N3O4S/c1-4-19(2)35-28(39)20(3)36(17-21-9-8-10-22(30)15-21)27(38)18-37(42(40,41)24-11-6-5-7-12-24)23-13-14-26(31)25(16-23)29(32,33)34/h5-16,19-20H,4,17-18H2,1-3H3,(H,35,39). The van der Waals surface area contributed by atoms with E-state index < -0.39 is 56.9 Å². The lowest BCUT2D eigenvalue weighted by Crippen LogP contribution is -2.52. The third-order valence-electron chi connectivity index (χ3n) is 6.56. The van der Waals surface area contributed by atoms with Gasteiger partial charge in [0.1, 0.15) is 12.6 Å². The van der Waals surface area contributed by atoms with E-state index in [1.54, 1.807) is 37.3 Å². The Morgan fingerprint density at radius 2 is 1.62 bits per heavy atom. The number of alkyl halides is 3. The van der Waals surface area contributed by atoms with Crippen LogP contribution in [0.3, 0.4) is 0 Å². The number of benzene rings is 3. The number of amides is 2. The van der Waals surface area contributed by atoms with Crippen molar-refractivity contribution >= 4 is 50.7 Å². The van der Waals surface area contributed by atoms with Gasteiger partial charge in [0, 0.05) is 17.6 Å². The number of nitrogens with one attached hydrogen (secondary N) is 1. The van der Waals surface area contributed by atoms with Crippen LogP contribution in [0.2, 0.25) is 10.0 Å². The molecule has 0 saturated heterocycles. The minimum absolute atomic E-state index is 0.123. The summed E-state index contributed by atoms with van der Waals surface area (Å²) >= 11 is 11.9. The van der Waals surface area contributed by atoms with E-state index >= 15 is 0 Å². The minimum Gasteiger partial charge on any atom is -0.352 e. The van der Waals surface area contributed by atoms with Crippen LogP contribution in [0.25, 0.3) is 0 Å². The van der Waals surface area contributed by atoms with E-state index in [1.165, 1.54) is 31.2 Å².